The summed E-state index contributed by atoms with van der Waals surface area (Å²) in [4.78, 5) is 28.6. The normalized spacial score (nSPS) is 16.6. The van der Waals surface area contributed by atoms with Gasteiger partial charge in [0.2, 0.25) is 17.8 Å². The Morgan fingerprint density at radius 1 is 1.20 bits per heavy atom. The Bertz CT molecular complexity index is 833. The molecule has 1 heterocycles. The van der Waals surface area contributed by atoms with Crippen LogP contribution in [0.25, 0.3) is 0 Å². The summed E-state index contributed by atoms with van der Waals surface area (Å²) in [7, 11) is 0. The molecule has 2 aromatic carbocycles. The zero-order valence-corrected chi connectivity index (χ0v) is 14.3. The van der Waals surface area contributed by atoms with Gasteiger partial charge in [-0.25, -0.2) is 4.99 Å². The van der Waals surface area contributed by atoms with E-state index in [0.29, 0.717) is 10.7 Å². The van der Waals surface area contributed by atoms with Crippen molar-refractivity contribution in [1.29, 1.82) is 0 Å². The topological polar surface area (TPSA) is 82.6 Å². The van der Waals surface area contributed by atoms with Crippen molar-refractivity contribution in [3.63, 3.8) is 0 Å². The molecule has 1 atom stereocenters. The van der Waals surface area contributed by atoms with Crippen LogP contribution in [0, 0.1) is 6.92 Å². The molecule has 0 saturated carbocycles. The minimum Gasteiger partial charge on any atom is -0.326 e. The van der Waals surface area contributed by atoms with Gasteiger partial charge in [-0.05, 0) is 31.2 Å². The number of amides is 2. The summed E-state index contributed by atoms with van der Waals surface area (Å²) in [6.45, 7) is 1.98. The lowest BCUT2D eigenvalue weighted by Gasteiger charge is -2.21. The molecule has 3 N–H and O–H groups in total. The summed E-state index contributed by atoms with van der Waals surface area (Å²) in [5, 5.41) is 8.78. The van der Waals surface area contributed by atoms with E-state index >= 15 is 0 Å². The summed E-state index contributed by atoms with van der Waals surface area (Å²) in [5.74, 6) is -0.408. The molecule has 0 bridgehead atoms. The molecule has 2 amide bonds. The SMILES string of the molecule is Cc1ccc(NC2=NC(C(=O)Nc3ccccc3Cl)CC(=O)N2)cc1. The van der Waals surface area contributed by atoms with Crippen molar-refractivity contribution in [2.75, 3.05) is 10.6 Å². The maximum absolute atomic E-state index is 12.4. The van der Waals surface area contributed by atoms with Gasteiger partial charge in [-0.3, -0.25) is 14.9 Å². The highest BCUT2D eigenvalue weighted by molar-refractivity contribution is 6.33. The van der Waals surface area contributed by atoms with E-state index < -0.39 is 6.04 Å². The number of nitrogens with zero attached hydrogens (tertiary/aromatic N) is 1. The molecule has 1 aliphatic heterocycles. The Kier molecular flexibility index (Phi) is 5.00. The second-order valence-corrected chi connectivity index (χ2v) is 6.11. The van der Waals surface area contributed by atoms with E-state index in [4.69, 9.17) is 11.6 Å². The fourth-order valence-electron chi connectivity index (χ4n) is 2.36. The van der Waals surface area contributed by atoms with Crippen molar-refractivity contribution < 1.29 is 9.59 Å². The van der Waals surface area contributed by atoms with Crippen molar-refractivity contribution >= 4 is 40.7 Å². The maximum Gasteiger partial charge on any atom is 0.249 e. The zero-order chi connectivity index (χ0) is 17.8. The number of carbonyl (C=O) groups is 2. The molecule has 0 fully saturated rings. The molecule has 1 aliphatic rings. The highest BCUT2D eigenvalue weighted by atomic mass is 35.5. The second-order valence-electron chi connectivity index (χ2n) is 5.71. The molecular formula is C18H17ClN4O2. The Morgan fingerprint density at radius 2 is 1.92 bits per heavy atom. The largest absolute Gasteiger partial charge is 0.326 e. The van der Waals surface area contributed by atoms with Gasteiger partial charge < -0.3 is 10.6 Å². The Balaban J connectivity index is 1.74. The predicted molar refractivity (Wildman–Crippen MR) is 98.9 cm³/mol. The van der Waals surface area contributed by atoms with Crippen molar-refractivity contribution in [1.82, 2.24) is 5.32 Å². The standard InChI is InChI=1S/C18H17ClN4O2/c1-11-6-8-12(9-7-11)20-18-22-15(10-16(24)23-18)17(25)21-14-5-3-2-4-13(14)19/h2-9,15H,10H2,1H3,(H,21,25)(H2,20,22,23,24). The molecule has 0 radical (unpaired) electrons. The van der Waals surface area contributed by atoms with Crippen LogP contribution in [0.2, 0.25) is 5.02 Å². The number of aliphatic imine (C=N–C) groups is 1. The Labute approximate surface area is 150 Å². The molecule has 0 saturated heterocycles. The van der Waals surface area contributed by atoms with E-state index in [2.05, 4.69) is 20.9 Å². The third kappa shape index (κ3) is 4.36. The van der Waals surface area contributed by atoms with Crippen LogP contribution < -0.4 is 16.0 Å². The number of carbonyl (C=O) groups excluding carboxylic acids is 2. The molecule has 0 aliphatic carbocycles. The highest BCUT2D eigenvalue weighted by Gasteiger charge is 2.27. The van der Waals surface area contributed by atoms with E-state index in [-0.39, 0.29) is 24.2 Å². The van der Waals surface area contributed by atoms with Gasteiger partial charge in [0, 0.05) is 5.69 Å². The summed E-state index contributed by atoms with van der Waals surface area (Å²) >= 11 is 6.04. The number of benzene rings is 2. The molecule has 2 aromatic rings. The van der Waals surface area contributed by atoms with Crippen molar-refractivity contribution in [2.24, 2.45) is 4.99 Å². The lowest BCUT2D eigenvalue weighted by Crippen LogP contribution is -2.45. The number of hydrogen-bond donors (Lipinski definition) is 3. The number of aryl methyl sites for hydroxylation is 1. The fraction of sp³-hybridized carbons (Fsp3) is 0.167. The first-order valence-electron chi connectivity index (χ1n) is 7.78. The molecule has 0 aromatic heterocycles. The molecule has 0 spiro atoms. The van der Waals surface area contributed by atoms with Crippen LogP contribution >= 0.6 is 11.6 Å². The van der Waals surface area contributed by atoms with Gasteiger partial charge in [-0.2, -0.15) is 0 Å². The van der Waals surface area contributed by atoms with Crippen molar-refractivity contribution in [3.05, 3.63) is 59.1 Å². The van der Waals surface area contributed by atoms with Crippen LogP contribution in [0.3, 0.4) is 0 Å². The maximum atomic E-state index is 12.4. The molecule has 25 heavy (non-hydrogen) atoms. The number of nitrogens with one attached hydrogen (secondary N) is 3. The summed E-state index contributed by atoms with van der Waals surface area (Å²) in [6.07, 6.45) is -0.0185. The van der Waals surface area contributed by atoms with E-state index in [0.717, 1.165) is 11.3 Å². The monoisotopic (exact) mass is 356 g/mol. The van der Waals surface area contributed by atoms with Crippen LogP contribution in [0.5, 0.6) is 0 Å². The van der Waals surface area contributed by atoms with Gasteiger partial charge in [-0.15, -0.1) is 0 Å². The number of hydrogen-bond acceptors (Lipinski definition) is 4. The first-order chi connectivity index (χ1) is 12.0. The second kappa shape index (κ2) is 7.36. The molecular weight excluding hydrogens is 340 g/mol. The first kappa shape index (κ1) is 17.0. The first-order valence-corrected chi connectivity index (χ1v) is 8.16. The molecule has 1 unspecified atom stereocenters. The van der Waals surface area contributed by atoms with Crippen LogP contribution in [-0.4, -0.2) is 23.8 Å². The van der Waals surface area contributed by atoms with E-state index in [1.165, 1.54) is 0 Å². The van der Waals surface area contributed by atoms with Crippen molar-refractivity contribution in [2.45, 2.75) is 19.4 Å². The highest BCUT2D eigenvalue weighted by Crippen LogP contribution is 2.21. The van der Waals surface area contributed by atoms with E-state index in [1.807, 2.05) is 31.2 Å². The summed E-state index contributed by atoms with van der Waals surface area (Å²) in [5.41, 5.74) is 2.39. The molecule has 7 heteroatoms. The Morgan fingerprint density at radius 3 is 2.64 bits per heavy atom. The summed E-state index contributed by atoms with van der Waals surface area (Å²) < 4.78 is 0. The van der Waals surface area contributed by atoms with Crippen LogP contribution in [0.15, 0.2) is 53.5 Å². The number of halogens is 1. The van der Waals surface area contributed by atoms with Gasteiger partial charge in [-0.1, -0.05) is 41.4 Å². The smallest absolute Gasteiger partial charge is 0.249 e. The van der Waals surface area contributed by atoms with Crippen LogP contribution in [0.1, 0.15) is 12.0 Å². The summed E-state index contributed by atoms with van der Waals surface area (Å²) in [6, 6.07) is 13.7. The quantitative estimate of drug-likeness (QED) is 0.790. The minimum atomic E-state index is -0.821. The zero-order valence-electron chi connectivity index (χ0n) is 13.5. The van der Waals surface area contributed by atoms with Crippen LogP contribution in [0.4, 0.5) is 11.4 Å². The van der Waals surface area contributed by atoms with Crippen LogP contribution in [-0.2, 0) is 9.59 Å². The predicted octanol–water partition coefficient (Wildman–Crippen LogP) is 2.94. The van der Waals surface area contributed by atoms with Gasteiger partial charge >= 0.3 is 0 Å². The average Bonchev–Trinajstić information content (AvgIpc) is 2.58. The fourth-order valence-corrected chi connectivity index (χ4v) is 2.54. The van der Waals surface area contributed by atoms with Gasteiger partial charge in [0.25, 0.3) is 0 Å². The number of para-hydroxylation sites is 1. The number of rotatable bonds is 3. The van der Waals surface area contributed by atoms with Gasteiger partial charge in [0.15, 0.2) is 0 Å². The molecule has 128 valence electrons. The number of guanidine groups is 1. The Hall–Kier alpha value is -2.86. The molecule has 6 nitrogen and oxygen atoms in total. The minimum absolute atomic E-state index is 0.0185. The lowest BCUT2D eigenvalue weighted by atomic mass is 10.1. The molecule has 3 rings (SSSR count). The number of anilines is 2. The lowest BCUT2D eigenvalue weighted by molar-refractivity contribution is -0.124. The van der Waals surface area contributed by atoms with Gasteiger partial charge in [0.05, 0.1) is 17.1 Å². The van der Waals surface area contributed by atoms with E-state index in [9.17, 15) is 9.59 Å². The third-order valence-electron chi connectivity index (χ3n) is 3.67. The van der Waals surface area contributed by atoms with E-state index in [1.54, 1.807) is 24.3 Å². The van der Waals surface area contributed by atoms with Gasteiger partial charge in [0.1, 0.15) is 6.04 Å². The third-order valence-corrected chi connectivity index (χ3v) is 4.00. The average molecular weight is 357 g/mol. The van der Waals surface area contributed by atoms with Crippen molar-refractivity contribution in [3.8, 4) is 0 Å².